The van der Waals surface area contributed by atoms with Gasteiger partial charge in [-0.25, -0.2) is 0 Å². The summed E-state index contributed by atoms with van der Waals surface area (Å²) in [6.45, 7) is 2.90. The topological polar surface area (TPSA) is 37.0 Å². The maximum absolute atomic E-state index is 5.89. The minimum absolute atomic E-state index is 0.755. The number of rotatable bonds is 5. The number of nitrogens with one attached hydrogen (secondary N) is 2. The highest BCUT2D eigenvalue weighted by Gasteiger charge is 2.16. The third-order valence-corrected chi connectivity index (χ3v) is 5.60. The molecule has 3 nitrogen and oxygen atoms in total. The summed E-state index contributed by atoms with van der Waals surface area (Å²) in [5, 5.41) is 4.95. The van der Waals surface area contributed by atoms with Gasteiger partial charge in [-0.15, -0.1) is 0 Å². The maximum atomic E-state index is 5.89. The number of fused-ring (bicyclic) bond motifs is 3. The van der Waals surface area contributed by atoms with E-state index >= 15 is 0 Å². The average Bonchev–Trinajstić information content (AvgIpc) is 2.83. The molecule has 4 rings (SSSR count). The molecule has 2 N–H and O–H groups in total. The molecule has 3 aromatic rings. The summed E-state index contributed by atoms with van der Waals surface area (Å²) < 4.78 is 7.12. The number of halogens is 1. The van der Waals surface area contributed by atoms with E-state index in [0.29, 0.717) is 0 Å². The molecule has 1 aliphatic heterocycles. The van der Waals surface area contributed by atoms with E-state index in [2.05, 4.69) is 63.2 Å². The molecule has 1 aromatic heterocycles. The van der Waals surface area contributed by atoms with Gasteiger partial charge in [-0.05, 0) is 89.9 Å². The Hall–Kier alpha value is -1.53. The van der Waals surface area contributed by atoms with Crippen molar-refractivity contribution in [1.82, 2.24) is 10.3 Å². The lowest BCUT2D eigenvalue weighted by Gasteiger charge is -2.08. The number of hydrogen-bond donors (Lipinski definition) is 2. The van der Waals surface area contributed by atoms with Gasteiger partial charge in [0.05, 0.1) is 6.61 Å². The van der Waals surface area contributed by atoms with Crippen molar-refractivity contribution < 1.29 is 4.74 Å². The van der Waals surface area contributed by atoms with Gasteiger partial charge < -0.3 is 15.0 Å². The Balaban J connectivity index is 1.46. The summed E-state index contributed by atoms with van der Waals surface area (Å²) in [7, 11) is 0. The summed E-state index contributed by atoms with van der Waals surface area (Å²) in [4.78, 5) is 3.65. The number of ether oxygens (including phenoxy) is 1. The van der Waals surface area contributed by atoms with Crippen LogP contribution in [0.2, 0.25) is 0 Å². The van der Waals surface area contributed by atoms with Crippen LogP contribution < -0.4 is 10.1 Å². The fraction of sp³-hybridized carbons (Fsp3) is 0.333. The normalized spacial score (nSPS) is 14.3. The Bertz CT molecular complexity index is 854. The molecule has 0 saturated heterocycles. The molecule has 0 amide bonds. The lowest BCUT2D eigenvalue weighted by atomic mass is 9.99. The first-order chi connectivity index (χ1) is 12.3. The molecule has 0 aliphatic carbocycles. The predicted molar refractivity (Wildman–Crippen MR) is 112 cm³/mol. The summed E-state index contributed by atoms with van der Waals surface area (Å²) in [5.74, 6) is 0.959. The SMILES string of the molecule is Ic1ccc(OCCCc2cccc3[nH]c4c(c23)CCNCC4)cc1. The van der Waals surface area contributed by atoms with Gasteiger partial charge in [-0.3, -0.25) is 0 Å². The first kappa shape index (κ1) is 16.9. The van der Waals surface area contributed by atoms with Gasteiger partial charge >= 0.3 is 0 Å². The fourth-order valence-corrected chi connectivity index (χ4v) is 4.04. The second-order valence-corrected chi connectivity index (χ2v) is 7.82. The average molecular weight is 446 g/mol. The Morgan fingerprint density at radius 2 is 1.84 bits per heavy atom. The van der Waals surface area contributed by atoms with Crippen molar-refractivity contribution in [1.29, 1.82) is 0 Å². The zero-order valence-electron chi connectivity index (χ0n) is 14.3. The van der Waals surface area contributed by atoms with E-state index in [4.69, 9.17) is 4.74 Å². The van der Waals surface area contributed by atoms with Gasteiger partial charge in [0.1, 0.15) is 5.75 Å². The third-order valence-electron chi connectivity index (χ3n) is 4.88. The lowest BCUT2D eigenvalue weighted by Crippen LogP contribution is -2.16. The highest BCUT2D eigenvalue weighted by molar-refractivity contribution is 14.1. The molecule has 0 saturated carbocycles. The second kappa shape index (κ2) is 7.79. The van der Waals surface area contributed by atoms with E-state index in [1.807, 2.05) is 12.1 Å². The van der Waals surface area contributed by atoms with E-state index in [0.717, 1.165) is 51.1 Å². The van der Waals surface area contributed by atoms with Crippen molar-refractivity contribution >= 4 is 33.5 Å². The van der Waals surface area contributed by atoms with Crippen LogP contribution in [0.15, 0.2) is 42.5 Å². The largest absolute Gasteiger partial charge is 0.494 e. The van der Waals surface area contributed by atoms with E-state index in [1.54, 1.807) is 0 Å². The fourth-order valence-electron chi connectivity index (χ4n) is 3.68. The Morgan fingerprint density at radius 3 is 2.72 bits per heavy atom. The van der Waals surface area contributed by atoms with Crippen LogP contribution in [0.3, 0.4) is 0 Å². The molecule has 4 heteroatoms. The van der Waals surface area contributed by atoms with E-state index in [1.165, 1.54) is 31.3 Å². The van der Waals surface area contributed by atoms with Gasteiger partial charge in [0, 0.05) is 33.1 Å². The maximum Gasteiger partial charge on any atom is 0.119 e. The molecule has 0 spiro atoms. The number of aromatic nitrogens is 1. The number of hydrogen-bond acceptors (Lipinski definition) is 2. The van der Waals surface area contributed by atoms with Crippen molar-refractivity contribution in [2.24, 2.45) is 0 Å². The van der Waals surface area contributed by atoms with Crippen molar-refractivity contribution in [3.63, 3.8) is 0 Å². The van der Waals surface area contributed by atoms with Gasteiger partial charge in [0.2, 0.25) is 0 Å². The first-order valence-electron chi connectivity index (χ1n) is 9.01. The monoisotopic (exact) mass is 446 g/mol. The zero-order valence-corrected chi connectivity index (χ0v) is 16.4. The molecule has 0 bridgehead atoms. The molecule has 25 heavy (non-hydrogen) atoms. The summed E-state index contributed by atoms with van der Waals surface area (Å²) >= 11 is 2.31. The number of H-pyrrole nitrogens is 1. The predicted octanol–water partition coefficient (Wildman–Crippen LogP) is 4.47. The summed E-state index contributed by atoms with van der Waals surface area (Å²) in [6.07, 6.45) is 4.30. The van der Waals surface area contributed by atoms with Crippen LogP contribution >= 0.6 is 22.6 Å². The van der Waals surface area contributed by atoms with E-state index in [-0.39, 0.29) is 0 Å². The molecule has 130 valence electrons. The number of aromatic amines is 1. The molecule has 2 heterocycles. The van der Waals surface area contributed by atoms with Crippen molar-refractivity contribution in [2.45, 2.75) is 25.7 Å². The van der Waals surface area contributed by atoms with Crippen LogP contribution in [0.5, 0.6) is 5.75 Å². The van der Waals surface area contributed by atoms with Gasteiger partial charge in [0.25, 0.3) is 0 Å². The van der Waals surface area contributed by atoms with Crippen LogP contribution in [-0.4, -0.2) is 24.7 Å². The molecule has 0 unspecified atom stereocenters. The molecule has 1 aliphatic rings. The summed E-state index contributed by atoms with van der Waals surface area (Å²) in [5.41, 5.74) is 5.68. The van der Waals surface area contributed by atoms with E-state index in [9.17, 15) is 0 Å². The molecule has 0 fully saturated rings. The van der Waals surface area contributed by atoms with Crippen LogP contribution in [-0.2, 0) is 19.3 Å². The summed E-state index contributed by atoms with van der Waals surface area (Å²) in [6, 6.07) is 14.9. The quantitative estimate of drug-likeness (QED) is 0.448. The van der Waals surface area contributed by atoms with Crippen molar-refractivity contribution in [3.8, 4) is 5.75 Å². The standard InChI is InChI=1S/C21H23IN2O/c22-16-6-8-17(9-7-16)25-14-2-4-15-3-1-5-20-21(15)18-10-12-23-13-11-19(18)24-20/h1,3,5-9,23-24H,2,4,10-14H2. The van der Waals surface area contributed by atoms with Crippen molar-refractivity contribution in [2.75, 3.05) is 19.7 Å². The Kier molecular flexibility index (Phi) is 5.27. The van der Waals surface area contributed by atoms with Crippen molar-refractivity contribution in [3.05, 3.63) is 62.9 Å². The number of aryl methyl sites for hydroxylation is 1. The Morgan fingerprint density at radius 1 is 1.00 bits per heavy atom. The van der Waals surface area contributed by atoms with Crippen LogP contribution in [0.4, 0.5) is 0 Å². The Labute approximate surface area is 162 Å². The first-order valence-corrected chi connectivity index (χ1v) is 10.1. The molecular formula is C21H23IN2O. The minimum Gasteiger partial charge on any atom is -0.494 e. The lowest BCUT2D eigenvalue weighted by molar-refractivity contribution is 0.311. The smallest absolute Gasteiger partial charge is 0.119 e. The van der Waals surface area contributed by atoms with Crippen LogP contribution in [0.25, 0.3) is 10.9 Å². The zero-order chi connectivity index (χ0) is 17.1. The third kappa shape index (κ3) is 3.85. The van der Waals surface area contributed by atoms with Crippen LogP contribution in [0.1, 0.15) is 23.2 Å². The molecular weight excluding hydrogens is 423 g/mol. The molecule has 0 atom stereocenters. The highest BCUT2D eigenvalue weighted by Crippen LogP contribution is 2.28. The minimum atomic E-state index is 0.755. The van der Waals surface area contributed by atoms with Gasteiger partial charge in [0.15, 0.2) is 0 Å². The highest BCUT2D eigenvalue weighted by atomic mass is 127. The van der Waals surface area contributed by atoms with Crippen LogP contribution in [0, 0.1) is 3.57 Å². The van der Waals surface area contributed by atoms with Gasteiger partial charge in [-0.1, -0.05) is 12.1 Å². The number of benzene rings is 2. The molecule has 0 radical (unpaired) electrons. The molecule has 2 aromatic carbocycles. The van der Waals surface area contributed by atoms with Gasteiger partial charge in [-0.2, -0.15) is 0 Å². The van der Waals surface area contributed by atoms with E-state index < -0.39 is 0 Å². The second-order valence-electron chi connectivity index (χ2n) is 6.58.